The van der Waals surface area contributed by atoms with Crippen LogP contribution in [0.25, 0.3) is 10.2 Å². The normalized spacial score (nSPS) is 10.9. The van der Waals surface area contributed by atoms with Gasteiger partial charge in [-0.2, -0.15) is 5.10 Å². The molecule has 0 unspecified atom stereocenters. The van der Waals surface area contributed by atoms with Crippen LogP contribution < -0.4 is 5.32 Å². The standard InChI is InChI=1S/C12H12N4S2/c1-17-12-15-10-3-2-8(6-11(10)18-12)13-7-9-4-5-14-16-9/h2-6,13H,7H2,1H3,(H,14,16). The fraction of sp³-hybridized carbons (Fsp3) is 0.167. The zero-order valence-electron chi connectivity index (χ0n) is 9.80. The van der Waals surface area contributed by atoms with Gasteiger partial charge in [-0.15, -0.1) is 11.3 Å². The van der Waals surface area contributed by atoms with Gasteiger partial charge in [0.2, 0.25) is 0 Å². The Morgan fingerprint density at radius 3 is 3.11 bits per heavy atom. The topological polar surface area (TPSA) is 53.6 Å². The third-order valence-electron chi connectivity index (χ3n) is 2.58. The summed E-state index contributed by atoms with van der Waals surface area (Å²) in [4.78, 5) is 4.52. The summed E-state index contributed by atoms with van der Waals surface area (Å²) in [5, 5.41) is 10.2. The van der Waals surface area contributed by atoms with E-state index in [0.717, 1.165) is 27.8 Å². The van der Waals surface area contributed by atoms with Crippen LogP contribution in [0.2, 0.25) is 0 Å². The van der Waals surface area contributed by atoms with Crippen LogP contribution in [0, 0.1) is 0 Å². The molecule has 2 aromatic heterocycles. The molecule has 0 aliphatic carbocycles. The van der Waals surface area contributed by atoms with Crippen molar-refractivity contribution in [1.29, 1.82) is 0 Å². The summed E-state index contributed by atoms with van der Waals surface area (Å²) in [6.07, 6.45) is 3.81. The quantitative estimate of drug-likeness (QED) is 0.717. The van der Waals surface area contributed by atoms with E-state index in [-0.39, 0.29) is 0 Å². The van der Waals surface area contributed by atoms with Crippen molar-refractivity contribution in [2.75, 3.05) is 11.6 Å². The summed E-state index contributed by atoms with van der Waals surface area (Å²) >= 11 is 3.41. The van der Waals surface area contributed by atoms with E-state index in [2.05, 4.69) is 45.0 Å². The van der Waals surface area contributed by atoms with Crippen LogP contribution in [0.3, 0.4) is 0 Å². The second-order valence-electron chi connectivity index (χ2n) is 3.80. The maximum Gasteiger partial charge on any atom is 0.150 e. The zero-order valence-corrected chi connectivity index (χ0v) is 11.4. The molecule has 0 atom stereocenters. The SMILES string of the molecule is CSc1nc2ccc(NCc3ccn[nH]3)cc2s1. The van der Waals surface area contributed by atoms with Gasteiger partial charge in [0.1, 0.15) is 0 Å². The highest BCUT2D eigenvalue weighted by Gasteiger charge is 2.03. The Morgan fingerprint density at radius 1 is 1.39 bits per heavy atom. The summed E-state index contributed by atoms with van der Waals surface area (Å²) in [5.41, 5.74) is 3.24. The zero-order chi connectivity index (χ0) is 12.4. The number of hydrogen-bond acceptors (Lipinski definition) is 5. The van der Waals surface area contributed by atoms with Crippen LogP contribution in [0.4, 0.5) is 5.69 Å². The molecule has 0 aliphatic heterocycles. The third kappa shape index (κ3) is 2.34. The van der Waals surface area contributed by atoms with Gasteiger partial charge in [-0.05, 0) is 30.5 Å². The Balaban J connectivity index is 1.80. The molecule has 0 saturated carbocycles. The lowest BCUT2D eigenvalue weighted by molar-refractivity contribution is 0.982. The number of nitrogens with one attached hydrogen (secondary N) is 2. The maximum atomic E-state index is 4.52. The molecule has 0 saturated heterocycles. The summed E-state index contributed by atoms with van der Waals surface area (Å²) in [6.45, 7) is 0.750. The first-order chi connectivity index (χ1) is 8.85. The first kappa shape index (κ1) is 11.6. The average molecular weight is 276 g/mol. The molecule has 4 nitrogen and oxygen atoms in total. The number of nitrogens with zero attached hydrogens (tertiary/aromatic N) is 2. The highest BCUT2D eigenvalue weighted by molar-refractivity contribution is 8.00. The summed E-state index contributed by atoms with van der Waals surface area (Å²) in [5.74, 6) is 0. The van der Waals surface area contributed by atoms with Crippen molar-refractivity contribution in [2.24, 2.45) is 0 Å². The minimum absolute atomic E-state index is 0.750. The van der Waals surface area contributed by atoms with E-state index >= 15 is 0 Å². The largest absolute Gasteiger partial charge is 0.379 e. The molecule has 6 heteroatoms. The highest BCUT2D eigenvalue weighted by Crippen LogP contribution is 2.29. The Morgan fingerprint density at radius 2 is 2.33 bits per heavy atom. The van der Waals surface area contributed by atoms with E-state index < -0.39 is 0 Å². The highest BCUT2D eigenvalue weighted by atomic mass is 32.2. The lowest BCUT2D eigenvalue weighted by Gasteiger charge is -2.03. The molecule has 92 valence electrons. The summed E-state index contributed by atoms with van der Waals surface area (Å²) < 4.78 is 2.32. The van der Waals surface area contributed by atoms with Gasteiger partial charge < -0.3 is 5.32 Å². The molecule has 0 amide bonds. The van der Waals surface area contributed by atoms with Crippen LogP contribution in [0.15, 0.2) is 34.8 Å². The summed E-state index contributed by atoms with van der Waals surface area (Å²) in [6, 6.07) is 8.22. The van der Waals surface area contributed by atoms with Crippen molar-refractivity contribution in [2.45, 2.75) is 10.9 Å². The van der Waals surface area contributed by atoms with E-state index in [0.29, 0.717) is 0 Å². The lowest BCUT2D eigenvalue weighted by Crippen LogP contribution is -1.99. The Labute approximate surface area is 113 Å². The van der Waals surface area contributed by atoms with Crippen LogP contribution in [-0.4, -0.2) is 21.4 Å². The van der Waals surface area contributed by atoms with Crippen LogP contribution >= 0.6 is 23.1 Å². The van der Waals surface area contributed by atoms with E-state index in [1.807, 2.05) is 6.07 Å². The fourth-order valence-electron chi connectivity index (χ4n) is 1.68. The predicted octanol–water partition coefficient (Wildman–Crippen LogP) is 3.35. The van der Waals surface area contributed by atoms with Crippen LogP contribution in [0.1, 0.15) is 5.69 Å². The minimum atomic E-state index is 0.750. The number of fused-ring (bicyclic) bond motifs is 1. The molecular formula is C12H12N4S2. The van der Waals surface area contributed by atoms with Crippen LogP contribution in [0.5, 0.6) is 0 Å². The van der Waals surface area contributed by atoms with Gasteiger partial charge in [0, 0.05) is 11.9 Å². The lowest BCUT2D eigenvalue weighted by atomic mass is 10.3. The van der Waals surface area contributed by atoms with E-state index in [9.17, 15) is 0 Å². The van der Waals surface area contributed by atoms with Gasteiger partial charge in [0.15, 0.2) is 4.34 Å². The number of thiazole rings is 1. The minimum Gasteiger partial charge on any atom is -0.379 e. The molecule has 2 heterocycles. The number of rotatable bonds is 4. The number of anilines is 1. The number of aromatic amines is 1. The molecule has 0 radical (unpaired) electrons. The van der Waals surface area contributed by atoms with Gasteiger partial charge in [-0.25, -0.2) is 4.98 Å². The van der Waals surface area contributed by atoms with Crippen molar-refractivity contribution in [3.8, 4) is 0 Å². The number of H-pyrrole nitrogens is 1. The molecule has 2 N–H and O–H groups in total. The average Bonchev–Trinajstić information content (AvgIpc) is 3.04. The number of hydrogen-bond donors (Lipinski definition) is 2. The van der Waals surface area contributed by atoms with Crippen molar-refractivity contribution < 1.29 is 0 Å². The second-order valence-corrected chi connectivity index (χ2v) is 5.89. The number of aromatic nitrogens is 3. The molecule has 0 spiro atoms. The van der Waals surface area contributed by atoms with Gasteiger partial charge in [0.25, 0.3) is 0 Å². The van der Waals surface area contributed by atoms with Gasteiger partial charge >= 0.3 is 0 Å². The van der Waals surface area contributed by atoms with E-state index in [1.54, 1.807) is 29.3 Å². The molecule has 0 fully saturated rings. The van der Waals surface area contributed by atoms with Gasteiger partial charge in [0.05, 0.1) is 22.5 Å². The summed E-state index contributed by atoms with van der Waals surface area (Å²) in [7, 11) is 0. The molecule has 18 heavy (non-hydrogen) atoms. The second kappa shape index (κ2) is 4.99. The van der Waals surface area contributed by atoms with Gasteiger partial charge in [-0.1, -0.05) is 11.8 Å². The van der Waals surface area contributed by atoms with Crippen molar-refractivity contribution >= 4 is 39.0 Å². The number of benzene rings is 1. The van der Waals surface area contributed by atoms with Crippen molar-refractivity contribution in [3.63, 3.8) is 0 Å². The first-order valence-corrected chi connectivity index (χ1v) is 7.56. The predicted molar refractivity (Wildman–Crippen MR) is 77.3 cm³/mol. The molecule has 0 bridgehead atoms. The fourth-order valence-corrected chi connectivity index (χ4v) is 3.21. The molecule has 3 rings (SSSR count). The van der Waals surface area contributed by atoms with Crippen molar-refractivity contribution in [1.82, 2.24) is 15.2 Å². The van der Waals surface area contributed by atoms with Gasteiger partial charge in [-0.3, -0.25) is 5.10 Å². The van der Waals surface area contributed by atoms with Crippen molar-refractivity contribution in [3.05, 3.63) is 36.2 Å². The molecule has 3 aromatic rings. The Kier molecular flexibility index (Phi) is 3.21. The van der Waals surface area contributed by atoms with E-state index in [1.165, 1.54) is 4.70 Å². The molecular weight excluding hydrogens is 264 g/mol. The molecule has 0 aliphatic rings. The number of thioether (sulfide) groups is 1. The first-order valence-electron chi connectivity index (χ1n) is 5.52. The Hall–Kier alpha value is -1.53. The third-order valence-corrected chi connectivity index (χ3v) is 4.59. The smallest absolute Gasteiger partial charge is 0.150 e. The maximum absolute atomic E-state index is 4.52. The Bertz CT molecular complexity index is 645. The van der Waals surface area contributed by atoms with Crippen LogP contribution in [-0.2, 0) is 6.54 Å². The molecule has 1 aromatic carbocycles. The van der Waals surface area contributed by atoms with E-state index in [4.69, 9.17) is 0 Å². The monoisotopic (exact) mass is 276 g/mol.